The van der Waals surface area contributed by atoms with Gasteiger partial charge in [-0.25, -0.2) is 0 Å². The van der Waals surface area contributed by atoms with Crippen LogP contribution in [0.25, 0.3) is 0 Å². The predicted molar refractivity (Wildman–Crippen MR) is 95.2 cm³/mol. The fraction of sp³-hybridized carbons (Fsp3) is 0.429. The predicted octanol–water partition coefficient (Wildman–Crippen LogP) is 4.86. The van der Waals surface area contributed by atoms with E-state index in [9.17, 15) is 9.59 Å². The van der Waals surface area contributed by atoms with E-state index >= 15 is 0 Å². The van der Waals surface area contributed by atoms with Crippen LogP contribution in [-0.4, -0.2) is 11.6 Å². The van der Waals surface area contributed by atoms with Crippen molar-refractivity contribution < 1.29 is 14.0 Å². The molecule has 24 heavy (non-hydrogen) atoms. The molecule has 1 unspecified atom stereocenters. The molecule has 1 aromatic heterocycles. The first-order chi connectivity index (χ1) is 11.5. The van der Waals surface area contributed by atoms with E-state index in [0.717, 1.165) is 41.9 Å². The highest BCUT2D eigenvalue weighted by molar-refractivity contribution is 6.01. The zero-order valence-electron chi connectivity index (χ0n) is 15.0. The van der Waals surface area contributed by atoms with Gasteiger partial charge in [-0.05, 0) is 38.8 Å². The third-order valence-corrected chi connectivity index (χ3v) is 4.49. The zero-order chi connectivity index (χ0) is 17.7. The van der Waals surface area contributed by atoms with Crippen molar-refractivity contribution >= 4 is 11.6 Å². The van der Waals surface area contributed by atoms with E-state index in [2.05, 4.69) is 6.92 Å². The standard InChI is InChI=1S/C21H26O3/c1-5-6-12-18-13-19(16(4)24-18)21(17-10-8-7-9-11-17)20(14(2)22)15(3)23/h7-11,13,20-21H,5-6,12H2,1-4H3. The smallest absolute Gasteiger partial charge is 0.141 e. The SMILES string of the molecule is CCCCc1cc(C(c2ccccc2)C(C(C)=O)C(C)=O)c(C)o1. The summed E-state index contributed by atoms with van der Waals surface area (Å²) in [7, 11) is 0. The highest BCUT2D eigenvalue weighted by atomic mass is 16.3. The van der Waals surface area contributed by atoms with Crippen LogP contribution in [0, 0.1) is 12.8 Å². The van der Waals surface area contributed by atoms with Crippen molar-refractivity contribution in [1.82, 2.24) is 0 Å². The van der Waals surface area contributed by atoms with Crippen molar-refractivity contribution in [3.8, 4) is 0 Å². The largest absolute Gasteiger partial charge is 0.466 e. The lowest BCUT2D eigenvalue weighted by Gasteiger charge is -2.23. The van der Waals surface area contributed by atoms with Crippen molar-refractivity contribution in [1.29, 1.82) is 0 Å². The Morgan fingerprint density at radius 3 is 2.25 bits per heavy atom. The van der Waals surface area contributed by atoms with Crippen LogP contribution in [0.1, 0.15) is 62.2 Å². The number of Topliss-reactive ketones (excluding diaryl/α,β-unsaturated/α-hetero) is 2. The molecule has 0 aliphatic rings. The summed E-state index contributed by atoms with van der Waals surface area (Å²) in [5.74, 6) is 0.542. The summed E-state index contributed by atoms with van der Waals surface area (Å²) in [6, 6.07) is 11.8. The lowest BCUT2D eigenvalue weighted by Crippen LogP contribution is -2.28. The number of benzene rings is 1. The molecule has 3 nitrogen and oxygen atoms in total. The van der Waals surface area contributed by atoms with Crippen LogP contribution in [0.4, 0.5) is 0 Å². The van der Waals surface area contributed by atoms with E-state index < -0.39 is 5.92 Å². The van der Waals surface area contributed by atoms with Crippen LogP contribution in [0.15, 0.2) is 40.8 Å². The van der Waals surface area contributed by atoms with Crippen molar-refractivity contribution in [2.45, 2.75) is 52.9 Å². The fourth-order valence-electron chi connectivity index (χ4n) is 3.31. The minimum atomic E-state index is -0.678. The van der Waals surface area contributed by atoms with Gasteiger partial charge in [-0.3, -0.25) is 9.59 Å². The molecule has 2 aromatic rings. The Hall–Kier alpha value is -2.16. The normalized spacial score (nSPS) is 12.4. The lowest BCUT2D eigenvalue weighted by molar-refractivity contribution is -0.130. The minimum absolute atomic E-state index is 0.105. The molecule has 0 saturated carbocycles. The number of hydrogen-bond acceptors (Lipinski definition) is 3. The Labute approximate surface area is 144 Å². The zero-order valence-corrected chi connectivity index (χ0v) is 15.0. The molecule has 0 spiro atoms. The molecule has 1 heterocycles. The van der Waals surface area contributed by atoms with Gasteiger partial charge in [-0.15, -0.1) is 0 Å². The van der Waals surface area contributed by atoms with E-state index in [4.69, 9.17) is 4.42 Å². The van der Waals surface area contributed by atoms with Gasteiger partial charge >= 0.3 is 0 Å². The number of ketones is 2. The Balaban J connectivity index is 2.52. The molecule has 128 valence electrons. The van der Waals surface area contributed by atoms with Crippen molar-refractivity contribution in [2.24, 2.45) is 5.92 Å². The van der Waals surface area contributed by atoms with Crippen molar-refractivity contribution in [3.63, 3.8) is 0 Å². The maximum absolute atomic E-state index is 12.2. The monoisotopic (exact) mass is 326 g/mol. The molecule has 1 aromatic carbocycles. The number of rotatable bonds is 8. The molecule has 2 rings (SSSR count). The summed E-state index contributed by atoms with van der Waals surface area (Å²) >= 11 is 0. The summed E-state index contributed by atoms with van der Waals surface area (Å²) in [5.41, 5.74) is 1.92. The molecule has 0 fully saturated rings. The first kappa shape index (κ1) is 18.2. The van der Waals surface area contributed by atoms with E-state index in [1.807, 2.05) is 43.3 Å². The molecule has 0 bridgehead atoms. The van der Waals surface area contributed by atoms with Crippen LogP contribution >= 0.6 is 0 Å². The number of carbonyl (C=O) groups excluding carboxylic acids is 2. The Morgan fingerprint density at radius 1 is 1.08 bits per heavy atom. The van der Waals surface area contributed by atoms with Crippen molar-refractivity contribution in [3.05, 3.63) is 59.0 Å². The third-order valence-electron chi connectivity index (χ3n) is 4.49. The maximum Gasteiger partial charge on any atom is 0.141 e. The van der Waals surface area contributed by atoms with Gasteiger partial charge in [0.15, 0.2) is 0 Å². The second kappa shape index (κ2) is 8.09. The summed E-state index contributed by atoms with van der Waals surface area (Å²) in [6.07, 6.45) is 3.04. The lowest BCUT2D eigenvalue weighted by atomic mass is 9.77. The van der Waals surface area contributed by atoms with Crippen LogP contribution in [0.2, 0.25) is 0 Å². The molecule has 0 saturated heterocycles. The molecular formula is C21H26O3. The van der Waals surface area contributed by atoms with Gasteiger partial charge in [0.1, 0.15) is 23.1 Å². The maximum atomic E-state index is 12.2. The average molecular weight is 326 g/mol. The number of hydrogen-bond donors (Lipinski definition) is 0. The van der Waals surface area contributed by atoms with Crippen molar-refractivity contribution in [2.75, 3.05) is 0 Å². The highest BCUT2D eigenvalue weighted by Crippen LogP contribution is 2.37. The molecule has 0 aliphatic carbocycles. The average Bonchev–Trinajstić information content (AvgIpc) is 2.91. The highest BCUT2D eigenvalue weighted by Gasteiger charge is 2.34. The van der Waals surface area contributed by atoms with Crippen LogP contribution in [-0.2, 0) is 16.0 Å². The topological polar surface area (TPSA) is 47.3 Å². The molecule has 0 N–H and O–H groups in total. The molecule has 0 amide bonds. The van der Waals surface area contributed by atoms with Crippen LogP contribution in [0.5, 0.6) is 0 Å². The minimum Gasteiger partial charge on any atom is -0.466 e. The molecule has 3 heteroatoms. The molecule has 0 radical (unpaired) electrons. The van der Waals surface area contributed by atoms with E-state index in [-0.39, 0.29) is 17.5 Å². The Bertz CT molecular complexity index is 683. The van der Waals surface area contributed by atoms with Gasteiger partial charge in [0.05, 0.1) is 5.92 Å². The third kappa shape index (κ3) is 4.02. The second-order valence-corrected chi connectivity index (χ2v) is 6.42. The first-order valence-electron chi connectivity index (χ1n) is 8.60. The quantitative estimate of drug-likeness (QED) is 0.651. The number of unbranched alkanes of at least 4 members (excludes halogenated alkanes) is 1. The summed E-state index contributed by atoms with van der Waals surface area (Å²) in [4.78, 5) is 24.4. The molecular weight excluding hydrogens is 300 g/mol. The summed E-state index contributed by atoms with van der Waals surface area (Å²) in [5, 5.41) is 0. The number of aryl methyl sites for hydroxylation is 2. The number of carbonyl (C=O) groups is 2. The van der Waals surface area contributed by atoms with Gasteiger partial charge in [0.25, 0.3) is 0 Å². The van der Waals surface area contributed by atoms with Gasteiger partial charge in [-0.2, -0.15) is 0 Å². The summed E-state index contributed by atoms with van der Waals surface area (Å²) in [6.45, 7) is 7.05. The van der Waals surface area contributed by atoms with Gasteiger partial charge in [0.2, 0.25) is 0 Å². The molecule has 1 atom stereocenters. The fourth-order valence-corrected chi connectivity index (χ4v) is 3.31. The summed E-state index contributed by atoms with van der Waals surface area (Å²) < 4.78 is 5.91. The Kier molecular flexibility index (Phi) is 6.13. The van der Waals surface area contributed by atoms with Crippen LogP contribution in [0.3, 0.4) is 0 Å². The van der Waals surface area contributed by atoms with E-state index in [1.54, 1.807) is 0 Å². The van der Waals surface area contributed by atoms with Crippen LogP contribution < -0.4 is 0 Å². The first-order valence-corrected chi connectivity index (χ1v) is 8.60. The Morgan fingerprint density at radius 2 is 1.71 bits per heavy atom. The van der Waals surface area contributed by atoms with Gasteiger partial charge in [0, 0.05) is 17.9 Å². The van der Waals surface area contributed by atoms with Gasteiger partial charge in [-0.1, -0.05) is 43.7 Å². The van der Waals surface area contributed by atoms with E-state index in [1.165, 1.54) is 13.8 Å². The molecule has 0 aliphatic heterocycles. The number of furan rings is 1. The van der Waals surface area contributed by atoms with Gasteiger partial charge < -0.3 is 4.42 Å². The second-order valence-electron chi connectivity index (χ2n) is 6.42. The van der Waals surface area contributed by atoms with E-state index in [0.29, 0.717) is 0 Å².